The number of nitrogens with zero attached hydrogens (tertiary/aromatic N) is 1. The predicted molar refractivity (Wildman–Crippen MR) is 103 cm³/mol. The Kier molecular flexibility index (Phi) is 7.06. The minimum atomic E-state index is -3.14. The van der Waals surface area contributed by atoms with E-state index in [0.29, 0.717) is 37.6 Å². The Bertz CT molecular complexity index is 693. The van der Waals surface area contributed by atoms with Crippen molar-refractivity contribution in [3.05, 3.63) is 29.8 Å². The number of hydrogen-bond donors (Lipinski definition) is 1. The highest BCUT2D eigenvalue weighted by Crippen LogP contribution is 2.20. The van der Waals surface area contributed by atoms with Gasteiger partial charge in [0, 0.05) is 19.1 Å². The number of piperidine rings is 1. The molecule has 0 spiro atoms. The number of benzene rings is 1. The summed E-state index contributed by atoms with van der Waals surface area (Å²) in [4.78, 5) is 12.4. The minimum Gasteiger partial charge on any atom is -0.481 e. The summed E-state index contributed by atoms with van der Waals surface area (Å²) in [5.41, 5.74) is 1.23. The standard InChI is InChI=1S/C19H30N2O4S/c1-5-26(23,24)21-12-10-17(11-13-21)20-19(22)15(4)25-18-8-6-16(7-9-18)14(2)3/h6-9,14-15,17H,5,10-13H2,1-4H3,(H,20,22). The number of nitrogens with one attached hydrogen (secondary N) is 1. The van der Waals surface area contributed by atoms with Gasteiger partial charge in [0.25, 0.3) is 5.91 Å². The zero-order valence-corrected chi connectivity index (χ0v) is 16.9. The minimum absolute atomic E-state index is 0.0137. The molecule has 0 aliphatic carbocycles. The molecule has 7 heteroatoms. The maximum atomic E-state index is 12.4. The molecule has 2 rings (SSSR count). The Labute approximate surface area is 157 Å². The number of hydrogen-bond acceptors (Lipinski definition) is 4. The SMILES string of the molecule is CCS(=O)(=O)N1CCC(NC(=O)C(C)Oc2ccc(C(C)C)cc2)CC1. The lowest BCUT2D eigenvalue weighted by Crippen LogP contribution is -2.49. The summed E-state index contributed by atoms with van der Waals surface area (Å²) in [5, 5.41) is 2.97. The topological polar surface area (TPSA) is 75.7 Å². The van der Waals surface area contributed by atoms with Crippen LogP contribution in [0.1, 0.15) is 52.0 Å². The molecular formula is C19H30N2O4S. The molecule has 146 valence electrons. The smallest absolute Gasteiger partial charge is 0.260 e. The fraction of sp³-hybridized carbons (Fsp3) is 0.632. The van der Waals surface area contributed by atoms with Gasteiger partial charge < -0.3 is 10.1 Å². The van der Waals surface area contributed by atoms with E-state index in [1.165, 1.54) is 9.87 Å². The van der Waals surface area contributed by atoms with Crippen molar-refractivity contribution in [3.8, 4) is 5.75 Å². The Morgan fingerprint density at radius 2 is 1.77 bits per heavy atom. The summed E-state index contributed by atoms with van der Waals surface area (Å²) in [6, 6.07) is 7.77. The van der Waals surface area contributed by atoms with Crippen LogP contribution in [0.25, 0.3) is 0 Å². The molecule has 0 saturated carbocycles. The molecule has 26 heavy (non-hydrogen) atoms. The van der Waals surface area contributed by atoms with Crippen molar-refractivity contribution in [1.29, 1.82) is 0 Å². The highest BCUT2D eigenvalue weighted by molar-refractivity contribution is 7.89. The average molecular weight is 383 g/mol. The fourth-order valence-corrected chi connectivity index (χ4v) is 4.10. The van der Waals surface area contributed by atoms with E-state index in [9.17, 15) is 13.2 Å². The van der Waals surface area contributed by atoms with Crippen LogP contribution in [0.5, 0.6) is 5.75 Å². The molecule has 1 aliphatic heterocycles. The second-order valence-corrected chi connectivity index (χ2v) is 9.32. The Morgan fingerprint density at radius 1 is 1.19 bits per heavy atom. The predicted octanol–water partition coefficient (Wildman–Crippen LogP) is 2.51. The van der Waals surface area contributed by atoms with E-state index in [1.54, 1.807) is 13.8 Å². The first-order valence-corrected chi connectivity index (χ1v) is 10.9. The quantitative estimate of drug-likeness (QED) is 0.786. The van der Waals surface area contributed by atoms with E-state index in [1.807, 2.05) is 24.3 Å². The highest BCUT2D eigenvalue weighted by Gasteiger charge is 2.28. The van der Waals surface area contributed by atoms with Gasteiger partial charge >= 0.3 is 0 Å². The molecule has 1 N–H and O–H groups in total. The van der Waals surface area contributed by atoms with Gasteiger partial charge in [0.15, 0.2) is 6.10 Å². The van der Waals surface area contributed by atoms with Crippen molar-refractivity contribution in [2.24, 2.45) is 0 Å². The van der Waals surface area contributed by atoms with Gasteiger partial charge in [-0.05, 0) is 50.3 Å². The molecule has 0 radical (unpaired) electrons. The van der Waals surface area contributed by atoms with Crippen molar-refractivity contribution in [2.45, 2.75) is 58.6 Å². The highest BCUT2D eigenvalue weighted by atomic mass is 32.2. The van der Waals surface area contributed by atoms with Crippen molar-refractivity contribution in [3.63, 3.8) is 0 Å². The van der Waals surface area contributed by atoms with Gasteiger partial charge in [-0.15, -0.1) is 0 Å². The molecular weight excluding hydrogens is 352 g/mol. The van der Waals surface area contributed by atoms with Gasteiger partial charge in [0.05, 0.1) is 5.75 Å². The molecule has 6 nitrogen and oxygen atoms in total. The molecule has 1 saturated heterocycles. The van der Waals surface area contributed by atoms with E-state index in [-0.39, 0.29) is 17.7 Å². The van der Waals surface area contributed by atoms with Gasteiger partial charge in [-0.1, -0.05) is 26.0 Å². The molecule has 1 heterocycles. The summed E-state index contributed by atoms with van der Waals surface area (Å²) >= 11 is 0. The molecule has 1 fully saturated rings. The largest absolute Gasteiger partial charge is 0.481 e. The number of carbonyl (C=O) groups is 1. The van der Waals surface area contributed by atoms with Crippen molar-refractivity contribution in [1.82, 2.24) is 9.62 Å². The molecule has 0 aromatic heterocycles. The molecule has 1 aromatic rings. The van der Waals surface area contributed by atoms with Crippen LogP contribution in [-0.2, 0) is 14.8 Å². The first-order valence-electron chi connectivity index (χ1n) is 9.27. The Balaban J connectivity index is 1.82. The zero-order valence-electron chi connectivity index (χ0n) is 16.1. The van der Waals surface area contributed by atoms with Crippen molar-refractivity contribution in [2.75, 3.05) is 18.8 Å². The first kappa shape index (κ1) is 20.7. The van der Waals surface area contributed by atoms with E-state index in [4.69, 9.17) is 4.74 Å². The molecule has 1 aromatic carbocycles. The molecule has 1 amide bonds. The van der Waals surface area contributed by atoms with Crippen LogP contribution in [0.4, 0.5) is 0 Å². The van der Waals surface area contributed by atoms with Gasteiger partial charge in [-0.25, -0.2) is 12.7 Å². The molecule has 0 bridgehead atoms. The van der Waals surface area contributed by atoms with Gasteiger partial charge in [0.1, 0.15) is 5.75 Å². The van der Waals surface area contributed by atoms with Crippen LogP contribution in [0.2, 0.25) is 0 Å². The number of rotatable bonds is 7. The second-order valence-electron chi connectivity index (χ2n) is 7.07. The van der Waals surface area contributed by atoms with Gasteiger partial charge in [0.2, 0.25) is 10.0 Å². The van der Waals surface area contributed by atoms with E-state index in [2.05, 4.69) is 19.2 Å². The second kappa shape index (κ2) is 8.86. The Hall–Kier alpha value is -1.60. The molecule has 1 aliphatic rings. The van der Waals surface area contributed by atoms with Crippen LogP contribution in [0.15, 0.2) is 24.3 Å². The van der Waals surface area contributed by atoms with Crippen LogP contribution in [-0.4, -0.2) is 49.6 Å². The lowest BCUT2D eigenvalue weighted by molar-refractivity contribution is -0.128. The summed E-state index contributed by atoms with van der Waals surface area (Å²) in [6.07, 6.45) is 0.652. The van der Waals surface area contributed by atoms with Crippen LogP contribution >= 0.6 is 0 Å². The number of ether oxygens (including phenoxy) is 1. The van der Waals surface area contributed by atoms with Gasteiger partial charge in [-0.3, -0.25) is 4.79 Å². The lowest BCUT2D eigenvalue weighted by Gasteiger charge is -2.31. The van der Waals surface area contributed by atoms with E-state index < -0.39 is 16.1 Å². The van der Waals surface area contributed by atoms with Crippen LogP contribution < -0.4 is 10.1 Å². The molecule has 1 atom stereocenters. The first-order chi connectivity index (χ1) is 12.2. The fourth-order valence-electron chi connectivity index (χ4n) is 2.97. The monoisotopic (exact) mass is 382 g/mol. The third-order valence-corrected chi connectivity index (χ3v) is 6.67. The van der Waals surface area contributed by atoms with Crippen LogP contribution in [0.3, 0.4) is 0 Å². The summed E-state index contributed by atoms with van der Waals surface area (Å²) in [6.45, 7) is 8.53. The summed E-state index contributed by atoms with van der Waals surface area (Å²) in [7, 11) is -3.14. The zero-order chi connectivity index (χ0) is 19.3. The third-order valence-electron chi connectivity index (χ3n) is 4.79. The Morgan fingerprint density at radius 3 is 2.27 bits per heavy atom. The van der Waals surface area contributed by atoms with Crippen molar-refractivity contribution >= 4 is 15.9 Å². The average Bonchev–Trinajstić information content (AvgIpc) is 2.62. The number of amides is 1. The third kappa shape index (κ3) is 5.45. The van der Waals surface area contributed by atoms with Crippen LogP contribution in [0, 0.1) is 0 Å². The molecule has 1 unspecified atom stereocenters. The van der Waals surface area contributed by atoms with E-state index >= 15 is 0 Å². The summed E-state index contributed by atoms with van der Waals surface area (Å²) in [5.74, 6) is 1.06. The maximum Gasteiger partial charge on any atom is 0.260 e. The van der Waals surface area contributed by atoms with E-state index in [0.717, 1.165) is 0 Å². The maximum absolute atomic E-state index is 12.4. The number of carbonyl (C=O) groups excluding carboxylic acids is 1. The lowest BCUT2D eigenvalue weighted by atomic mass is 10.0. The summed E-state index contributed by atoms with van der Waals surface area (Å²) < 4.78 is 31.0. The van der Waals surface area contributed by atoms with Crippen molar-refractivity contribution < 1.29 is 17.9 Å². The number of sulfonamides is 1. The normalized spacial score (nSPS) is 17.9. The van der Waals surface area contributed by atoms with Gasteiger partial charge in [-0.2, -0.15) is 0 Å².